The zero-order chi connectivity index (χ0) is 15.5. The highest BCUT2D eigenvalue weighted by Crippen LogP contribution is 2.26. The molecule has 1 unspecified atom stereocenters. The van der Waals surface area contributed by atoms with Crippen LogP contribution < -0.4 is 5.56 Å². The molecule has 1 atom stereocenters. The van der Waals surface area contributed by atoms with E-state index in [0.717, 1.165) is 18.7 Å². The van der Waals surface area contributed by atoms with Gasteiger partial charge in [0.25, 0.3) is 5.91 Å². The summed E-state index contributed by atoms with van der Waals surface area (Å²) < 4.78 is 0. The van der Waals surface area contributed by atoms with Gasteiger partial charge in [0.2, 0.25) is 5.56 Å². The summed E-state index contributed by atoms with van der Waals surface area (Å²) in [7, 11) is 2.07. The first kappa shape index (κ1) is 14.5. The molecule has 5 nitrogen and oxygen atoms in total. The van der Waals surface area contributed by atoms with Gasteiger partial charge in [0.15, 0.2) is 0 Å². The van der Waals surface area contributed by atoms with Crippen LogP contribution in [0.25, 0.3) is 0 Å². The second-order valence-electron chi connectivity index (χ2n) is 5.63. The van der Waals surface area contributed by atoms with Gasteiger partial charge in [-0.1, -0.05) is 30.3 Å². The van der Waals surface area contributed by atoms with E-state index in [0.29, 0.717) is 12.1 Å². The smallest absolute Gasteiger partial charge is 0.255 e. The first-order valence-electron chi connectivity index (χ1n) is 7.38. The number of nitrogens with zero attached hydrogens (tertiary/aromatic N) is 2. The number of aromatic nitrogens is 1. The molecule has 3 rings (SSSR count). The van der Waals surface area contributed by atoms with Crippen molar-refractivity contribution in [2.75, 3.05) is 26.7 Å². The Morgan fingerprint density at radius 1 is 1.14 bits per heavy atom. The molecule has 1 saturated heterocycles. The van der Waals surface area contributed by atoms with Gasteiger partial charge in [0.1, 0.15) is 0 Å². The molecule has 2 heterocycles. The molecule has 22 heavy (non-hydrogen) atoms. The molecule has 2 aromatic rings. The Morgan fingerprint density at radius 2 is 1.91 bits per heavy atom. The van der Waals surface area contributed by atoms with Crippen LogP contribution in [0.3, 0.4) is 0 Å². The Kier molecular flexibility index (Phi) is 4.06. The molecule has 0 bridgehead atoms. The number of nitrogens with one attached hydrogen (secondary N) is 1. The molecule has 0 spiro atoms. The number of hydrogen-bond donors (Lipinski definition) is 1. The summed E-state index contributed by atoms with van der Waals surface area (Å²) >= 11 is 0. The number of pyridine rings is 1. The Labute approximate surface area is 129 Å². The van der Waals surface area contributed by atoms with Gasteiger partial charge in [0.05, 0.1) is 11.6 Å². The van der Waals surface area contributed by atoms with E-state index in [9.17, 15) is 9.59 Å². The van der Waals surface area contributed by atoms with Crippen LogP contribution in [0.5, 0.6) is 0 Å². The number of benzene rings is 1. The van der Waals surface area contributed by atoms with Gasteiger partial charge in [-0.15, -0.1) is 0 Å². The van der Waals surface area contributed by atoms with E-state index in [-0.39, 0.29) is 17.5 Å². The molecule has 0 saturated carbocycles. The van der Waals surface area contributed by atoms with Crippen LogP contribution in [0.15, 0.2) is 53.5 Å². The fourth-order valence-corrected chi connectivity index (χ4v) is 2.83. The Hall–Kier alpha value is -2.40. The number of carbonyl (C=O) groups excluding carboxylic acids is 1. The summed E-state index contributed by atoms with van der Waals surface area (Å²) in [5, 5.41) is 0. The number of rotatable bonds is 2. The standard InChI is InChI=1S/C17H19N3O2/c1-19-9-10-20(15(12-19)13-5-3-2-4-6-13)17(22)14-7-8-16(21)18-11-14/h2-8,11,15H,9-10,12H2,1H3,(H,18,21). The Bertz CT molecular complexity index is 691. The maximum atomic E-state index is 12.8. The van der Waals surface area contributed by atoms with Crippen LogP contribution in [0.1, 0.15) is 22.0 Å². The quantitative estimate of drug-likeness (QED) is 0.914. The van der Waals surface area contributed by atoms with Crippen molar-refractivity contribution in [3.8, 4) is 0 Å². The number of hydrogen-bond acceptors (Lipinski definition) is 3. The van der Waals surface area contributed by atoms with E-state index >= 15 is 0 Å². The Balaban J connectivity index is 1.90. The van der Waals surface area contributed by atoms with Crippen molar-refractivity contribution in [1.29, 1.82) is 0 Å². The monoisotopic (exact) mass is 297 g/mol. The molecule has 1 aliphatic heterocycles. The number of likely N-dealkylation sites (N-methyl/N-ethyl adjacent to an activating group) is 1. The fourth-order valence-electron chi connectivity index (χ4n) is 2.83. The normalized spacial score (nSPS) is 19.1. The van der Waals surface area contributed by atoms with Crippen LogP contribution in [-0.2, 0) is 0 Å². The summed E-state index contributed by atoms with van der Waals surface area (Å²) in [4.78, 5) is 30.6. The average molecular weight is 297 g/mol. The van der Waals surface area contributed by atoms with Crippen molar-refractivity contribution in [3.63, 3.8) is 0 Å². The van der Waals surface area contributed by atoms with Gasteiger partial charge in [-0.3, -0.25) is 9.59 Å². The van der Waals surface area contributed by atoms with Crippen LogP contribution in [0.4, 0.5) is 0 Å². The van der Waals surface area contributed by atoms with Crippen molar-refractivity contribution in [2.24, 2.45) is 0 Å². The Morgan fingerprint density at radius 3 is 2.59 bits per heavy atom. The lowest BCUT2D eigenvalue weighted by Gasteiger charge is -2.40. The minimum Gasteiger partial charge on any atom is -0.329 e. The third-order valence-electron chi connectivity index (χ3n) is 4.06. The van der Waals surface area contributed by atoms with E-state index in [2.05, 4.69) is 29.1 Å². The molecule has 1 aromatic heterocycles. The first-order chi connectivity index (χ1) is 10.6. The fraction of sp³-hybridized carbons (Fsp3) is 0.294. The SMILES string of the molecule is CN1CCN(C(=O)c2ccc(=O)[nH]c2)C(c2ccccc2)C1. The summed E-state index contributed by atoms with van der Waals surface area (Å²) in [6, 6.07) is 13.1. The summed E-state index contributed by atoms with van der Waals surface area (Å²) in [6.45, 7) is 2.32. The second kappa shape index (κ2) is 6.15. The molecule has 1 N–H and O–H groups in total. The van der Waals surface area contributed by atoms with Crippen molar-refractivity contribution in [3.05, 3.63) is 70.1 Å². The third-order valence-corrected chi connectivity index (χ3v) is 4.06. The maximum Gasteiger partial charge on any atom is 0.255 e. The molecule has 0 aliphatic carbocycles. The van der Waals surface area contributed by atoms with E-state index in [4.69, 9.17) is 0 Å². The minimum absolute atomic E-state index is 0.0272. The minimum atomic E-state index is -0.200. The molecule has 5 heteroatoms. The number of H-pyrrole nitrogens is 1. The number of piperazine rings is 1. The maximum absolute atomic E-state index is 12.8. The third kappa shape index (κ3) is 2.94. The summed E-state index contributed by atoms with van der Waals surface area (Å²) in [5.41, 5.74) is 1.45. The largest absolute Gasteiger partial charge is 0.329 e. The molecule has 1 aliphatic rings. The van der Waals surface area contributed by atoms with Gasteiger partial charge >= 0.3 is 0 Å². The van der Waals surface area contributed by atoms with Gasteiger partial charge in [-0.25, -0.2) is 0 Å². The van der Waals surface area contributed by atoms with Gasteiger partial charge in [-0.2, -0.15) is 0 Å². The van der Waals surface area contributed by atoms with E-state index < -0.39 is 0 Å². The van der Waals surface area contributed by atoms with Crippen LogP contribution in [-0.4, -0.2) is 47.4 Å². The average Bonchev–Trinajstić information content (AvgIpc) is 2.56. The highest BCUT2D eigenvalue weighted by molar-refractivity contribution is 5.94. The highest BCUT2D eigenvalue weighted by atomic mass is 16.2. The topological polar surface area (TPSA) is 56.4 Å². The molecule has 114 valence electrons. The molecular formula is C17H19N3O2. The lowest BCUT2D eigenvalue weighted by atomic mass is 10.0. The lowest BCUT2D eigenvalue weighted by Crippen LogP contribution is -2.49. The van der Waals surface area contributed by atoms with Gasteiger partial charge in [-0.05, 0) is 18.7 Å². The summed E-state index contributed by atoms with van der Waals surface area (Å²) in [5.74, 6) is -0.0433. The van der Waals surface area contributed by atoms with Crippen LogP contribution >= 0.6 is 0 Å². The molecule has 1 amide bonds. The molecule has 1 aromatic carbocycles. The predicted octanol–water partition coefficient (Wildman–Crippen LogP) is 1.50. The van der Waals surface area contributed by atoms with Crippen molar-refractivity contribution in [2.45, 2.75) is 6.04 Å². The van der Waals surface area contributed by atoms with Crippen LogP contribution in [0.2, 0.25) is 0 Å². The van der Waals surface area contributed by atoms with Gasteiger partial charge in [0, 0.05) is 31.9 Å². The lowest BCUT2D eigenvalue weighted by molar-refractivity contribution is 0.0497. The number of carbonyl (C=O) groups is 1. The second-order valence-corrected chi connectivity index (χ2v) is 5.63. The van der Waals surface area contributed by atoms with E-state index in [1.165, 1.54) is 12.3 Å². The zero-order valence-electron chi connectivity index (χ0n) is 12.5. The molecule has 1 fully saturated rings. The first-order valence-corrected chi connectivity index (χ1v) is 7.38. The number of aromatic amines is 1. The van der Waals surface area contributed by atoms with Gasteiger partial charge < -0.3 is 14.8 Å². The predicted molar refractivity (Wildman–Crippen MR) is 84.8 cm³/mol. The van der Waals surface area contributed by atoms with Crippen molar-refractivity contribution < 1.29 is 4.79 Å². The van der Waals surface area contributed by atoms with Crippen LogP contribution in [0, 0.1) is 0 Å². The summed E-state index contributed by atoms with van der Waals surface area (Å²) in [6.07, 6.45) is 1.49. The molecular weight excluding hydrogens is 278 g/mol. The van der Waals surface area contributed by atoms with E-state index in [1.54, 1.807) is 6.07 Å². The van der Waals surface area contributed by atoms with Crippen molar-refractivity contribution in [1.82, 2.24) is 14.8 Å². The zero-order valence-corrected chi connectivity index (χ0v) is 12.5. The molecule has 0 radical (unpaired) electrons. The van der Waals surface area contributed by atoms with E-state index in [1.807, 2.05) is 23.1 Å². The van der Waals surface area contributed by atoms with Crippen molar-refractivity contribution >= 4 is 5.91 Å². The number of amides is 1. The highest BCUT2D eigenvalue weighted by Gasteiger charge is 2.30.